The van der Waals surface area contributed by atoms with Gasteiger partial charge in [-0.25, -0.2) is 5.84 Å². The average Bonchev–Trinajstić information content (AvgIpc) is 2.53. The number of hydrogen-bond donors (Lipinski definition) is 3. The van der Waals surface area contributed by atoms with Crippen LogP contribution in [0.1, 0.15) is 57.2 Å². The van der Waals surface area contributed by atoms with Crippen molar-refractivity contribution in [3.8, 4) is 0 Å². The fourth-order valence-corrected chi connectivity index (χ4v) is 1.93. The van der Waals surface area contributed by atoms with Gasteiger partial charge in [-0.2, -0.15) is 0 Å². The molecule has 0 fully saturated rings. The van der Waals surface area contributed by atoms with E-state index in [-0.39, 0.29) is 0 Å². The van der Waals surface area contributed by atoms with Crippen molar-refractivity contribution in [3.05, 3.63) is 35.8 Å². The summed E-state index contributed by atoms with van der Waals surface area (Å²) < 4.78 is 0. The van der Waals surface area contributed by atoms with Crippen molar-refractivity contribution >= 4 is 5.70 Å². The first-order chi connectivity index (χ1) is 10.6. The lowest BCUT2D eigenvalue weighted by atomic mass is 10.1. The lowest BCUT2D eigenvalue weighted by Crippen LogP contribution is -2.27. The molecule has 0 saturated heterocycles. The third-order valence-corrected chi connectivity index (χ3v) is 3.17. The Bertz CT molecular complexity index is 400. The molecule has 1 heterocycles. The first-order valence-electron chi connectivity index (χ1n) is 8.25. The molecule has 0 atom stereocenters. The summed E-state index contributed by atoms with van der Waals surface area (Å²) in [5, 5.41) is 1.65. The number of aromatic nitrogens is 1. The molecule has 5 heteroatoms. The van der Waals surface area contributed by atoms with Gasteiger partial charge in [0.1, 0.15) is 0 Å². The van der Waals surface area contributed by atoms with Gasteiger partial charge in [0.15, 0.2) is 0 Å². The zero-order valence-corrected chi connectivity index (χ0v) is 14.4. The van der Waals surface area contributed by atoms with Crippen LogP contribution < -0.4 is 17.3 Å². The third kappa shape index (κ3) is 9.37. The number of pyridine rings is 1. The minimum absolute atomic E-state index is 0.642. The predicted molar refractivity (Wildman–Crippen MR) is 95.5 cm³/mol. The molecule has 1 rings (SSSR count). The summed E-state index contributed by atoms with van der Waals surface area (Å²) in [6, 6.07) is 3.89. The molecule has 0 spiro atoms. The normalized spacial score (nSPS) is 10.9. The molecular formula is C17H33N5. The zero-order valence-electron chi connectivity index (χ0n) is 14.4. The van der Waals surface area contributed by atoms with E-state index in [1.54, 1.807) is 17.4 Å². The number of aryl methyl sites for hydroxylation is 1. The first kappa shape index (κ1) is 20.4. The maximum absolute atomic E-state index is 6.00. The Labute approximate surface area is 135 Å². The van der Waals surface area contributed by atoms with Crippen LogP contribution in [0.2, 0.25) is 0 Å². The van der Waals surface area contributed by atoms with Crippen LogP contribution in [0.4, 0.5) is 0 Å². The van der Waals surface area contributed by atoms with Gasteiger partial charge in [0.25, 0.3) is 0 Å². The van der Waals surface area contributed by atoms with E-state index in [1.807, 2.05) is 32.9 Å². The summed E-state index contributed by atoms with van der Waals surface area (Å²) in [6.07, 6.45) is 9.30. The zero-order chi connectivity index (χ0) is 16.8. The summed E-state index contributed by atoms with van der Waals surface area (Å²) in [6.45, 7) is 7.54. The lowest BCUT2D eigenvalue weighted by molar-refractivity contribution is 0.377. The van der Waals surface area contributed by atoms with Crippen molar-refractivity contribution in [3.63, 3.8) is 0 Å². The molecule has 5 nitrogen and oxygen atoms in total. The van der Waals surface area contributed by atoms with Crippen LogP contribution in [0.25, 0.3) is 5.70 Å². The van der Waals surface area contributed by atoms with Gasteiger partial charge in [0, 0.05) is 30.2 Å². The Morgan fingerprint density at radius 2 is 1.77 bits per heavy atom. The second-order valence-corrected chi connectivity index (χ2v) is 5.07. The predicted octanol–water partition coefficient (Wildman–Crippen LogP) is 2.76. The van der Waals surface area contributed by atoms with E-state index in [0.717, 1.165) is 37.2 Å². The average molecular weight is 307 g/mol. The molecular weight excluding hydrogens is 274 g/mol. The Morgan fingerprint density at radius 1 is 1.14 bits per heavy atom. The van der Waals surface area contributed by atoms with E-state index in [9.17, 15) is 0 Å². The second kappa shape index (κ2) is 13.1. The first-order valence-corrected chi connectivity index (χ1v) is 8.25. The number of rotatable bonds is 9. The van der Waals surface area contributed by atoms with Gasteiger partial charge in [-0.05, 0) is 38.4 Å². The Kier molecular flexibility index (Phi) is 12.2. The van der Waals surface area contributed by atoms with E-state index in [0.29, 0.717) is 5.70 Å². The highest BCUT2D eigenvalue weighted by Crippen LogP contribution is 2.09. The Morgan fingerprint density at radius 3 is 2.36 bits per heavy atom. The van der Waals surface area contributed by atoms with Gasteiger partial charge in [-0.1, -0.05) is 33.1 Å². The SMILES string of the molecule is CC.Cc1ccc(/C(N)=C/N(N)CCCCCCCN)cn1. The fourth-order valence-electron chi connectivity index (χ4n) is 1.93. The van der Waals surface area contributed by atoms with Crippen LogP contribution in [0.15, 0.2) is 24.5 Å². The van der Waals surface area contributed by atoms with Gasteiger partial charge in [0.2, 0.25) is 0 Å². The van der Waals surface area contributed by atoms with Crippen molar-refractivity contribution < 1.29 is 0 Å². The maximum Gasteiger partial charge on any atom is 0.0579 e. The molecule has 0 unspecified atom stereocenters. The molecule has 22 heavy (non-hydrogen) atoms. The highest BCUT2D eigenvalue weighted by molar-refractivity contribution is 5.61. The maximum atomic E-state index is 6.00. The molecule has 6 N–H and O–H groups in total. The smallest absolute Gasteiger partial charge is 0.0579 e. The van der Waals surface area contributed by atoms with E-state index in [4.69, 9.17) is 17.3 Å². The van der Waals surface area contributed by atoms with Crippen molar-refractivity contribution in [2.24, 2.45) is 17.3 Å². The molecule has 0 saturated carbocycles. The highest BCUT2D eigenvalue weighted by Gasteiger charge is 2.00. The van der Waals surface area contributed by atoms with Crippen LogP contribution in [0.3, 0.4) is 0 Å². The number of nitrogens with two attached hydrogens (primary N) is 3. The van der Waals surface area contributed by atoms with Crippen LogP contribution in [-0.4, -0.2) is 23.1 Å². The standard InChI is InChI=1S/C15H27N5.C2H6/c1-13-7-8-14(11-19-13)15(17)12-20(18)10-6-4-2-3-5-9-16;1-2/h7-8,11-12H,2-6,9-10,16-18H2,1H3;1-2H3/b15-12-;. The topological polar surface area (TPSA) is 94.2 Å². The molecule has 0 amide bonds. The third-order valence-electron chi connectivity index (χ3n) is 3.17. The number of hydrogen-bond acceptors (Lipinski definition) is 5. The Balaban J connectivity index is 0.00000211. The van der Waals surface area contributed by atoms with Crippen LogP contribution in [0.5, 0.6) is 0 Å². The molecule has 0 aliphatic rings. The van der Waals surface area contributed by atoms with E-state index < -0.39 is 0 Å². The molecule has 0 aromatic carbocycles. The highest BCUT2D eigenvalue weighted by atomic mass is 15.4. The molecule has 0 aliphatic heterocycles. The fraction of sp³-hybridized carbons (Fsp3) is 0.588. The number of hydrazine groups is 1. The van der Waals surface area contributed by atoms with E-state index >= 15 is 0 Å². The molecule has 1 aromatic rings. The van der Waals surface area contributed by atoms with Crippen molar-refractivity contribution in [1.82, 2.24) is 9.99 Å². The monoisotopic (exact) mass is 307 g/mol. The molecule has 0 radical (unpaired) electrons. The van der Waals surface area contributed by atoms with Crippen molar-refractivity contribution in [2.45, 2.75) is 52.9 Å². The van der Waals surface area contributed by atoms with Gasteiger partial charge in [-0.3, -0.25) is 4.98 Å². The number of unbranched alkanes of at least 4 members (excludes halogenated alkanes) is 4. The quantitative estimate of drug-likeness (QED) is 0.370. The van der Waals surface area contributed by atoms with E-state index in [2.05, 4.69) is 4.98 Å². The second-order valence-electron chi connectivity index (χ2n) is 5.07. The van der Waals surface area contributed by atoms with Crippen molar-refractivity contribution in [2.75, 3.05) is 13.1 Å². The largest absolute Gasteiger partial charge is 0.397 e. The van der Waals surface area contributed by atoms with Crippen LogP contribution in [-0.2, 0) is 0 Å². The molecule has 0 bridgehead atoms. The van der Waals surface area contributed by atoms with Gasteiger partial charge >= 0.3 is 0 Å². The summed E-state index contributed by atoms with van der Waals surface area (Å²) in [5.41, 5.74) is 14.0. The number of nitrogens with zero attached hydrogens (tertiary/aromatic N) is 2. The Hall–Kier alpha value is -1.59. The van der Waals surface area contributed by atoms with Crippen LogP contribution >= 0.6 is 0 Å². The minimum atomic E-state index is 0.642. The van der Waals surface area contributed by atoms with Gasteiger partial charge < -0.3 is 16.5 Å². The summed E-state index contributed by atoms with van der Waals surface area (Å²) in [7, 11) is 0. The van der Waals surface area contributed by atoms with Crippen LogP contribution in [0, 0.1) is 6.92 Å². The lowest BCUT2D eigenvalue weighted by Gasteiger charge is -2.15. The molecule has 126 valence electrons. The van der Waals surface area contributed by atoms with Gasteiger partial charge in [0.05, 0.1) is 5.70 Å². The summed E-state index contributed by atoms with van der Waals surface area (Å²) in [4.78, 5) is 4.22. The summed E-state index contributed by atoms with van der Waals surface area (Å²) in [5.74, 6) is 5.92. The molecule has 1 aromatic heterocycles. The summed E-state index contributed by atoms with van der Waals surface area (Å²) >= 11 is 0. The van der Waals surface area contributed by atoms with Crippen molar-refractivity contribution in [1.29, 1.82) is 0 Å². The van der Waals surface area contributed by atoms with E-state index in [1.165, 1.54) is 19.3 Å². The van der Waals surface area contributed by atoms with Gasteiger partial charge in [-0.15, -0.1) is 0 Å². The molecule has 0 aliphatic carbocycles. The minimum Gasteiger partial charge on any atom is -0.397 e.